The van der Waals surface area contributed by atoms with Crippen molar-refractivity contribution in [1.82, 2.24) is 0 Å². The van der Waals surface area contributed by atoms with Crippen LogP contribution in [0.3, 0.4) is 0 Å². The highest BCUT2D eigenvalue weighted by molar-refractivity contribution is 5.32. The van der Waals surface area contributed by atoms with Gasteiger partial charge in [0.1, 0.15) is 11.5 Å². The van der Waals surface area contributed by atoms with Crippen LogP contribution < -0.4 is 9.47 Å². The second kappa shape index (κ2) is 8.14. The third-order valence-electron chi connectivity index (χ3n) is 4.81. The van der Waals surface area contributed by atoms with E-state index in [4.69, 9.17) is 18.9 Å². The molecule has 152 valence electrons. The fourth-order valence-electron chi connectivity index (χ4n) is 3.00. The zero-order valence-corrected chi connectivity index (χ0v) is 17.8. The van der Waals surface area contributed by atoms with Crippen LogP contribution in [0.15, 0.2) is 48.5 Å². The Bertz CT molecular complexity index is 684. The van der Waals surface area contributed by atoms with Gasteiger partial charge < -0.3 is 18.9 Å². The minimum absolute atomic E-state index is 0.105. The van der Waals surface area contributed by atoms with E-state index in [2.05, 4.69) is 65.8 Å². The summed E-state index contributed by atoms with van der Waals surface area (Å²) in [4.78, 5) is 0. The number of ether oxygens (including phenoxy) is 4. The molecular formula is C24H32O4. The van der Waals surface area contributed by atoms with E-state index in [1.165, 1.54) is 11.1 Å². The Kier molecular flexibility index (Phi) is 6.01. The van der Waals surface area contributed by atoms with Crippen LogP contribution in [0.1, 0.15) is 52.7 Å². The fraction of sp³-hybridized carbons (Fsp3) is 0.500. The predicted molar refractivity (Wildman–Crippen MR) is 111 cm³/mol. The van der Waals surface area contributed by atoms with Crippen molar-refractivity contribution in [1.29, 1.82) is 0 Å². The molecule has 28 heavy (non-hydrogen) atoms. The maximum absolute atomic E-state index is 6.01. The van der Waals surface area contributed by atoms with E-state index in [1.807, 2.05) is 24.3 Å². The molecule has 0 saturated carbocycles. The second-order valence-electron chi connectivity index (χ2n) is 9.26. The standard InChI is InChI=1S/C24H32O4/c1-23(2,3)17-7-11-19(12-8-17)27-21-22(26-16-15-25-21)28-20-13-9-18(10-14-20)24(4,5)6/h7-14,21-22H,15-16H2,1-6H3/t21-,22-/m0/s1. The van der Waals surface area contributed by atoms with Crippen LogP contribution in [0.5, 0.6) is 11.5 Å². The summed E-state index contributed by atoms with van der Waals surface area (Å²) < 4.78 is 23.6. The molecule has 0 unspecified atom stereocenters. The summed E-state index contributed by atoms with van der Waals surface area (Å²) in [5.41, 5.74) is 2.72. The summed E-state index contributed by atoms with van der Waals surface area (Å²) in [6.07, 6.45) is -1.23. The number of benzene rings is 2. The summed E-state index contributed by atoms with van der Waals surface area (Å²) in [5.74, 6) is 1.47. The topological polar surface area (TPSA) is 36.9 Å². The average Bonchev–Trinajstić information content (AvgIpc) is 2.63. The molecule has 0 amide bonds. The molecule has 0 radical (unpaired) electrons. The first-order valence-electron chi connectivity index (χ1n) is 9.90. The van der Waals surface area contributed by atoms with Gasteiger partial charge >= 0.3 is 0 Å². The first-order valence-corrected chi connectivity index (χ1v) is 9.90. The fourth-order valence-corrected chi connectivity index (χ4v) is 3.00. The maximum Gasteiger partial charge on any atom is 0.263 e. The third kappa shape index (κ3) is 5.27. The Labute approximate surface area is 168 Å². The molecule has 3 rings (SSSR count). The van der Waals surface area contributed by atoms with Gasteiger partial charge in [-0.05, 0) is 46.2 Å². The Hall–Kier alpha value is -2.04. The molecule has 0 spiro atoms. The Balaban J connectivity index is 1.67. The molecule has 0 aromatic heterocycles. The summed E-state index contributed by atoms with van der Waals surface area (Å²) in [5, 5.41) is 0. The van der Waals surface area contributed by atoms with Crippen molar-refractivity contribution in [3.05, 3.63) is 59.7 Å². The van der Waals surface area contributed by atoms with E-state index in [-0.39, 0.29) is 10.8 Å². The molecular weight excluding hydrogens is 352 g/mol. The largest absolute Gasteiger partial charge is 0.458 e. The molecule has 4 heteroatoms. The molecule has 1 saturated heterocycles. The highest BCUT2D eigenvalue weighted by Crippen LogP contribution is 2.28. The van der Waals surface area contributed by atoms with Crippen LogP contribution in [0.4, 0.5) is 0 Å². The maximum atomic E-state index is 6.01. The van der Waals surface area contributed by atoms with Gasteiger partial charge in [-0.1, -0.05) is 65.8 Å². The first kappa shape index (κ1) is 20.7. The van der Waals surface area contributed by atoms with Gasteiger partial charge in [0.2, 0.25) is 0 Å². The normalized spacial score (nSPS) is 20.6. The van der Waals surface area contributed by atoms with Gasteiger partial charge in [0.15, 0.2) is 0 Å². The van der Waals surface area contributed by atoms with Gasteiger partial charge in [0.05, 0.1) is 13.2 Å². The Morgan fingerprint density at radius 2 is 0.929 bits per heavy atom. The minimum atomic E-state index is -0.614. The minimum Gasteiger partial charge on any atom is -0.458 e. The molecule has 1 fully saturated rings. The van der Waals surface area contributed by atoms with Crippen molar-refractivity contribution in [2.45, 2.75) is 65.0 Å². The monoisotopic (exact) mass is 384 g/mol. The predicted octanol–water partition coefficient (Wildman–Crippen LogP) is 5.44. The van der Waals surface area contributed by atoms with Crippen molar-refractivity contribution in [3.8, 4) is 11.5 Å². The van der Waals surface area contributed by atoms with Gasteiger partial charge in [-0.2, -0.15) is 0 Å². The molecule has 2 atom stereocenters. The highest BCUT2D eigenvalue weighted by atomic mass is 16.8. The summed E-state index contributed by atoms with van der Waals surface area (Å²) in [6, 6.07) is 16.2. The van der Waals surface area contributed by atoms with E-state index in [0.29, 0.717) is 13.2 Å². The second-order valence-corrected chi connectivity index (χ2v) is 9.26. The van der Waals surface area contributed by atoms with Gasteiger partial charge in [-0.15, -0.1) is 0 Å². The summed E-state index contributed by atoms with van der Waals surface area (Å²) in [7, 11) is 0. The molecule has 4 nitrogen and oxygen atoms in total. The lowest BCUT2D eigenvalue weighted by Gasteiger charge is -2.32. The van der Waals surface area contributed by atoms with Gasteiger partial charge in [0.25, 0.3) is 12.6 Å². The third-order valence-corrected chi connectivity index (χ3v) is 4.81. The van der Waals surface area contributed by atoms with Crippen molar-refractivity contribution < 1.29 is 18.9 Å². The Morgan fingerprint density at radius 1 is 0.607 bits per heavy atom. The smallest absolute Gasteiger partial charge is 0.263 e. The molecule has 1 aliphatic rings. The lowest BCUT2D eigenvalue weighted by Crippen LogP contribution is -2.45. The van der Waals surface area contributed by atoms with E-state index >= 15 is 0 Å². The zero-order valence-electron chi connectivity index (χ0n) is 17.8. The number of hydrogen-bond donors (Lipinski definition) is 0. The Morgan fingerprint density at radius 3 is 1.21 bits per heavy atom. The van der Waals surface area contributed by atoms with Gasteiger partial charge in [-0.3, -0.25) is 0 Å². The van der Waals surface area contributed by atoms with Gasteiger partial charge in [-0.25, -0.2) is 0 Å². The van der Waals surface area contributed by atoms with E-state index in [1.54, 1.807) is 0 Å². The van der Waals surface area contributed by atoms with E-state index < -0.39 is 12.6 Å². The molecule has 0 aliphatic carbocycles. The lowest BCUT2D eigenvalue weighted by molar-refractivity contribution is -0.271. The van der Waals surface area contributed by atoms with Crippen LogP contribution in [-0.2, 0) is 20.3 Å². The van der Waals surface area contributed by atoms with Crippen LogP contribution in [0.2, 0.25) is 0 Å². The van der Waals surface area contributed by atoms with Crippen LogP contribution in [0, 0.1) is 0 Å². The van der Waals surface area contributed by atoms with Crippen molar-refractivity contribution in [2.24, 2.45) is 0 Å². The van der Waals surface area contributed by atoms with E-state index in [9.17, 15) is 0 Å². The van der Waals surface area contributed by atoms with Gasteiger partial charge in [0, 0.05) is 0 Å². The van der Waals surface area contributed by atoms with E-state index in [0.717, 1.165) is 11.5 Å². The van der Waals surface area contributed by atoms with Crippen LogP contribution in [0.25, 0.3) is 0 Å². The quantitative estimate of drug-likeness (QED) is 0.703. The van der Waals surface area contributed by atoms with Crippen molar-refractivity contribution in [3.63, 3.8) is 0 Å². The molecule has 0 N–H and O–H groups in total. The van der Waals surface area contributed by atoms with Crippen LogP contribution in [-0.4, -0.2) is 25.8 Å². The highest BCUT2D eigenvalue weighted by Gasteiger charge is 2.31. The average molecular weight is 385 g/mol. The molecule has 0 bridgehead atoms. The van der Waals surface area contributed by atoms with Crippen molar-refractivity contribution in [2.75, 3.05) is 13.2 Å². The number of rotatable bonds is 4. The van der Waals surface area contributed by atoms with Crippen molar-refractivity contribution >= 4 is 0 Å². The zero-order chi connectivity index (χ0) is 20.4. The first-order chi connectivity index (χ1) is 13.1. The lowest BCUT2D eigenvalue weighted by atomic mass is 9.87. The SMILES string of the molecule is CC(C)(C)c1ccc(O[C@@H]2OCCO[C@H]2Oc2ccc(C(C)(C)C)cc2)cc1. The summed E-state index contributed by atoms with van der Waals surface area (Å²) >= 11 is 0. The molecule has 2 aromatic rings. The number of hydrogen-bond acceptors (Lipinski definition) is 4. The molecule has 1 aliphatic heterocycles. The van der Waals surface area contributed by atoms with Crippen LogP contribution >= 0.6 is 0 Å². The summed E-state index contributed by atoms with van der Waals surface area (Å²) in [6.45, 7) is 14.1. The molecule has 2 aromatic carbocycles. The molecule has 1 heterocycles.